The molecule has 5 nitrogen and oxygen atoms in total. The van der Waals surface area contributed by atoms with E-state index in [1.54, 1.807) is 0 Å². The quantitative estimate of drug-likeness (QED) is 0.588. The molecule has 1 fully saturated rings. The van der Waals surface area contributed by atoms with Crippen LogP contribution in [0.2, 0.25) is 0 Å². The lowest BCUT2D eigenvalue weighted by molar-refractivity contribution is 0.242. The number of hydrogen-bond acceptors (Lipinski definition) is 3. The average molecular weight is 421 g/mol. The molecule has 1 aromatic carbocycles. The van der Waals surface area contributed by atoms with Gasteiger partial charge in [-0.2, -0.15) is 0 Å². The summed E-state index contributed by atoms with van der Waals surface area (Å²) in [5, 5.41) is 4.23. The smallest absolute Gasteiger partial charge is 0.174 e. The van der Waals surface area contributed by atoms with E-state index in [4.69, 9.17) is 17.0 Å². The van der Waals surface area contributed by atoms with Gasteiger partial charge in [0.2, 0.25) is 0 Å². The Kier molecular flexibility index (Phi) is 5.52. The van der Waals surface area contributed by atoms with Crippen LogP contribution in [0.1, 0.15) is 48.6 Å². The predicted octanol–water partition coefficient (Wildman–Crippen LogP) is 5.00. The molecule has 4 rings (SSSR count). The maximum Gasteiger partial charge on any atom is 0.174 e. The summed E-state index contributed by atoms with van der Waals surface area (Å²) >= 11 is 5.81. The summed E-state index contributed by atoms with van der Waals surface area (Å²) in [5.74, 6) is 0.858. The van der Waals surface area contributed by atoms with E-state index in [1.807, 2.05) is 44.3 Å². The van der Waals surface area contributed by atoms with Gasteiger partial charge in [0.1, 0.15) is 5.75 Å². The third-order valence-electron chi connectivity index (χ3n) is 5.72. The van der Waals surface area contributed by atoms with Crippen molar-refractivity contribution in [1.82, 2.24) is 14.9 Å². The monoisotopic (exact) mass is 420 g/mol. The maximum absolute atomic E-state index is 5.82. The van der Waals surface area contributed by atoms with Gasteiger partial charge in [-0.25, -0.2) is 0 Å². The lowest BCUT2D eigenvalue weighted by Gasteiger charge is -2.28. The van der Waals surface area contributed by atoms with Gasteiger partial charge in [-0.1, -0.05) is 6.07 Å². The minimum atomic E-state index is -0.0363. The molecule has 0 amide bonds. The first-order valence-electron chi connectivity index (χ1n) is 10.3. The van der Waals surface area contributed by atoms with Crippen molar-refractivity contribution in [3.8, 4) is 5.75 Å². The van der Waals surface area contributed by atoms with Crippen molar-refractivity contribution in [3.63, 3.8) is 0 Å². The molecule has 1 saturated heterocycles. The lowest BCUT2D eigenvalue weighted by atomic mass is 9.96. The highest BCUT2D eigenvalue weighted by Crippen LogP contribution is 2.43. The summed E-state index contributed by atoms with van der Waals surface area (Å²) in [5.41, 5.74) is 5.72. The number of ether oxygens (including phenoxy) is 1. The number of benzene rings is 1. The highest BCUT2D eigenvalue weighted by Gasteiger charge is 2.42. The van der Waals surface area contributed by atoms with Gasteiger partial charge < -0.3 is 19.5 Å². The summed E-state index contributed by atoms with van der Waals surface area (Å²) in [6, 6.07) is 16.4. The highest BCUT2D eigenvalue weighted by atomic mass is 32.1. The molecule has 2 atom stereocenters. The van der Waals surface area contributed by atoms with E-state index in [1.165, 1.54) is 17.0 Å². The zero-order valence-electron chi connectivity index (χ0n) is 18.1. The maximum atomic E-state index is 5.82. The first-order valence-corrected chi connectivity index (χ1v) is 10.7. The number of pyridine rings is 1. The zero-order chi connectivity index (χ0) is 21.4. The number of hydrogen-bond donors (Lipinski definition) is 1. The van der Waals surface area contributed by atoms with E-state index in [-0.39, 0.29) is 18.2 Å². The van der Waals surface area contributed by atoms with Gasteiger partial charge in [0.25, 0.3) is 0 Å². The van der Waals surface area contributed by atoms with Crippen molar-refractivity contribution in [2.24, 2.45) is 7.05 Å². The molecular formula is C24H28N4OS. The van der Waals surface area contributed by atoms with Crippen molar-refractivity contribution in [3.05, 3.63) is 77.4 Å². The lowest BCUT2D eigenvalue weighted by Crippen LogP contribution is -2.29. The molecule has 0 unspecified atom stereocenters. The van der Waals surface area contributed by atoms with Crippen molar-refractivity contribution in [2.45, 2.75) is 45.9 Å². The van der Waals surface area contributed by atoms with E-state index in [0.29, 0.717) is 5.11 Å². The minimum absolute atomic E-state index is 0.00386. The molecule has 0 aliphatic carbocycles. The summed E-state index contributed by atoms with van der Waals surface area (Å²) in [4.78, 5) is 6.83. The second kappa shape index (κ2) is 8.11. The molecule has 3 heterocycles. The van der Waals surface area contributed by atoms with Crippen LogP contribution >= 0.6 is 12.2 Å². The first kappa shape index (κ1) is 20.4. The Morgan fingerprint density at radius 2 is 1.83 bits per heavy atom. The first-order chi connectivity index (χ1) is 14.4. The van der Waals surface area contributed by atoms with Crippen LogP contribution in [0.3, 0.4) is 0 Å². The third kappa shape index (κ3) is 3.67. The molecule has 0 radical (unpaired) electrons. The Balaban J connectivity index is 1.79. The number of nitrogens with one attached hydrogen (secondary N) is 1. The Morgan fingerprint density at radius 1 is 1.10 bits per heavy atom. The van der Waals surface area contributed by atoms with Crippen LogP contribution < -0.4 is 15.0 Å². The number of anilines is 1. The molecule has 0 bridgehead atoms. The second-order valence-electron chi connectivity index (χ2n) is 8.04. The van der Waals surface area contributed by atoms with Crippen LogP contribution in [-0.4, -0.2) is 20.8 Å². The van der Waals surface area contributed by atoms with Gasteiger partial charge in [-0.05, 0) is 87.9 Å². The molecule has 2 aromatic heterocycles. The summed E-state index contributed by atoms with van der Waals surface area (Å²) in [6.07, 6.45) is 1.97. The normalized spacial score (nSPS) is 18.7. The fraction of sp³-hybridized carbons (Fsp3) is 0.333. The molecule has 0 saturated carbocycles. The Hall–Kier alpha value is -2.86. The summed E-state index contributed by atoms with van der Waals surface area (Å²) in [6.45, 7) is 8.36. The Bertz CT molecular complexity index is 1040. The van der Waals surface area contributed by atoms with Crippen LogP contribution in [0, 0.1) is 13.8 Å². The van der Waals surface area contributed by atoms with E-state index in [9.17, 15) is 0 Å². The van der Waals surface area contributed by atoms with Gasteiger partial charge in [0.05, 0.1) is 23.9 Å². The summed E-state index contributed by atoms with van der Waals surface area (Å²) < 4.78 is 8.04. The number of nitrogens with zero attached hydrogens (tertiary/aromatic N) is 3. The van der Waals surface area contributed by atoms with Crippen LogP contribution in [0.15, 0.2) is 54.7 Å². The van der Waals surface area contributed by atoms with Crippen molar-refractivity contribution in [1.29, 1.82) is 0 Å². The van der Waals surface area contributed by atoms with Crippen LogP contribution in [0.5, 0.6) is 5.75 Å². The number of aryl methyl sites for hydroxylation is 1. The number of thiocarbonyl (C=S) groups is 1. The van der Waals surface area contributed by atoms with E-state index < -0.39 is 0 Å². The molecule has 1 aliphatic heterocycles. The number of rotatable bonds is 5. The standard InChI is InChI=1S/C24H28N4OS/c1-15(2)29-19-11-9-18(10-12-19)28-23(20-14-16(3)27(5)17(20)4)22(26-24(28)30)21-8-6-7-13-25-21/h6-15,22-23H,1-5H3,(H,26,30)/t22-,23+/m1/s1. The Labute approximate surface area is 183 Å². The molecule has 6 heteroatoms. The van der Waals surface area contributed by atoms with Gasteiger partial charge in [0.15, 0.2) is 5.11 Å². The van der Waals surface area contributed by atoms with Crippen LogP contribution in [0.4, 0.5) is 5.69 Å². The molecule has 1 N–H and O–H groups in total. The van der Waals surface area contributed by atoms with Gasteiger partial charge in [-0.15, -0.1) is 0 Å². The fourth-order valence-corrected chi connectivity index (χ4v) is 4.44. The van der Waals surface area contributed by atoms with Gasteiger partial charge in [0, 0.05) is 30.3 Å². The molecule has 0 spiro atoms. The van der Waals surface area contributed by atoms with E-state index in [0.717, 1.165) is 17.1 Å². The van der Waals surface area contributed by atoms with Gasteiger partial charge >= 0.3 is 0 Å². The molecular weight excluding hydrogens is 392 g/mol. The Morgan fingerprint density at radius 3 is 2.40 bits per heavy atom. The van der Waals surface area contributed by atoms with Crippen LogP contribution in [0.25, 0.3) is 0 Å². The zero-order valence-corrected chi connectivity index (χ0v) is 18.9. The number of aromatic nitrogens is 2. The molecule has 156 valence electrons. The fourth-order valence-electron chi connectivity index (χ4n) is 4.09. The molecule has 30 heavy (non-hydrogen) atoms. The van der Waals surface area contributed by atoms with Gasteiger partial charge in [-0.3, -0.25) is 4.98 Å². The topological polar surface area (TPSA) is 42.3 Å². The predicted molar refractivity (Wildman–Crippen MR) is 125 cm³/mol. The molecule has 1 aliphatic rings. The van der Waals surface area contributed by atoms with E-state index in [2.05, 4.69) is 64.9 Å². The van der Waals surface area contributed by atoms with Crippen molar-refractivity contribution < 1.29 is 4.74 Å². The van der Waals surface area contributed by atoms with Crippen molar-refractivity contribution in [2.75, 3.05) is 4.90 Å². The van der Waals surface area contributed by atoms with E-state index >= 15 is 0 Å². The van der Waals surface area contributed by atoms with Crippen molar-refractivity contribution >= 4 is 23.0 Å². The largest absolute Gasteiger partial charge is 0.491 e. The van der Waals surface area contributed by atoms with Crippen LogP contribution in [-0.2, 0) is 7.05 Å². The average Bonchev–Trinajstić information content (AvgIpc) is 3.20. The minimum Gasteiger partial charge on any atom is -0.491 e. The highest BCUT2D eigenvalue weighted by molar-refractivity contribution is 7.80. The third-order valence-corrected chi connectivity index (χ3v) is 6.03. The second-order valence-corrected chi connectivity index (χ2v) is 8.43. The SMILES string of the molecule is Cc1cc([C@H]2[C@@H](c3ccccn3)NC(=S)N2c2ccc(OC(C)C)cc2)c(C)n1C. The summed E-state index contributed by atoms with van der Waals surface area (Å²) in [7, 11) is 2.10. The molecule has 3 aromatic rings.